The zero-order chi connectivity index (χ0) is 10.3. The van der Waals surface area contributed by atoms with Gasteiger partial charge in [0.1, 0.15) is 11.6 Å². The van der Waals surface area contributed by atoms with Crippen molar-refractivity contribution in [3.63, 3.8) is 0 Å². The second kappa shape index (κ2) is 3.31. The zero-order valence-electron chi connectivity index (χ0n) is 8.00. The summed E-state index contributed by atoms with van der Waals surface area (Å²) in [6.45, 7) is 1.88. The first-order valence-electron chi connectivity index (χ1n) is 4.80. The Morgan fingerprint density at radius 1 is 1.36 bits per heavy atom. The molecule has 0 unspecified atom stereocenters. The highest BCUT2D eigenvalue weighted by atomic mass is 19.1. The van der Waals surface area contributed by atoms with Gasteiger partial charge < -0.3 is 5.73 Å². The van der Waals surface area contributed by atoms with Crippen LogP contribution in [0.2, 0.25) is 0 Å². The molecule has 2 rings (SSSR count). The molecule has 0 radical (unpaired) electrons. The standard InChI is InChI=1S/C11H13F2N/c1-6(14)7-5-8(7)11-9(12)3-2-4-10(11)13/h2-4,6-8H,5,14H2,1H3/t6-,7-,8+/m1/s1. The van der Waals surface area contributed by atoms with Crippen molar-refractivity contribution in [1.29, 1.82) is 0 Å². The first-order valence-corrected chi connectivity index (χ1v) is 4.80. The minimum absolute atomic E-state index is 0.0130. The molecule has 1 saturated carbocycles. The minimum atomic E-state index is -0.446. The Hall–Kier alpha value is -0.960. The van der Waals surface area contributed by atoms with Gasteiger partial charge in [0.25, 0.3) is 0 Å². The van der Waals surface area contributed by atoms with Gasteiger partial charge in [-0.15, -0.1) is 0 Å². The molecule has 1 nitrogen and oxygen atoms in total. The van der Waals surface area contributed by atoms with Crippen molar-refractivity contribution >= 4 is 0 Å². The highest BCUT2D eigenvalue weighted by Crippen LogP contribution is 2.50. The van der Waals surface area contributed by atoms with Gasteiger partial charge >= 0.3 is 0 Å². The smallest absolute Gasteiger partial charge is 0.129 e. The fourth-order valence-corrected chi connectivity index (χ4v) is 1.99. The first-order chi connectivity index (χ1) is 6.61. The van der Waals surface area contributed by atoms with Crippen LogP contribution in [0, 0.1) is 17.6 Å². The minimum Gasteiger partial charge on any atom is -0.328 e. The Bertz CT molecular complexity index is 329. The van der Waals surface area contributed by atoms with Crippen LogP contribution in [0.5, 0.6) is 0 Å². The number of hydrogen-bond donors (Lipinski definition) is 1. The quantitative estimate of drug-likeness (QED) is 0.774. The van der Waals surface area contributed by atoms with Gasteiger partial charge in [0, 0.05) is 11.6 Å². The van der Waals surface area contributed by atoms with Crippen LogP contribution < -0.4 is 5.73 Å². The molecular formula is C11H13F2N. The molecule has 0 spiro atoms. The maximum absolute atomic E-state index is 13.3. The second-order valence-electron chi connectivity index (χ2n) is 4.00. The van der Waals surface area contributed by atoms with Crippen molar-refractivity contribution in [2.45, 2.75) is 25.3 Å². The van der Waals surface area contributed by atoms with Gasteiger partial charge in [0.15, 0.2) is 0 Å². The van der Waals surface area contributed by atoms with Gasteiger partial charge in [-0.25, -0.2) is 8.78 Å². The van der Waals surface area contributed by atoms with Crippen LogP contribution in [0.1, 0.15) is 24.8 Å². The summed E-state index contributed by atoms with van der Waals surface area (Å²) in [6, 6.07) is 4.00. The number of hydrogen-bond acceptors (Lipinski definition) is 1. The molecule has 1 aromatic carbocycles. The van der Waals surface area contributed by atoms with Crippen LogP contribution in [0.4, 0.5) is 8.78 Å². The highest BCUT2D eigenvalue weighted by molar-refractivity contribution is 5.29. The van der Waals surface area contributed by atoms with Crippen molar-refractivity contribution in [2.24, 2.45) is 11.7 Å². The summed E-state index contributed by atoms with van der Waals surface area (Å²) < 4.78 is 26.6. The largest absolute Gasteiger partial charge is 0.328 e. The SMILES string of the molecule is C[C@@H](N)[C@H]1C[C@@H]1c1c(F)cccc1F. The lowest BCUT2D eigenvalue weighted by Gasteiger charge is -2.06. The van der Waals surface area contributed by atoms with Gasteiger partial charge in [0.05, 0.1) is 0 Å². The predicted octanol–water partition coefficient (Wildman–Crippen LogP) is 2.42. The molecule has 3 heteroatoms. The number of rotatable bonds is 2. The molecule has 1 aliphatic rings. The molecule has 2 N–H and O–H groups in total. The fraction of sp³-hybridized carbons (Fsp3) is 0.455. The average molecular weight is 197 g/mol. The molecule has 0 saturated heterocycles. The van der Waals surface area contributed by atoms with E-state index in [2.05, 4.69) is 0 Å². The summed E-state index contributed by atoms with van der Waals surface area (Å²) in [5.74, 6) is -0.672. The van der Waals surface area contributed by atoms with E-state index in [1.54, 1.807) is 0 Å². The van der Waals surface area contributed by atoms with E-state index in [1.807, 2.05) is 6.92 Å². The Kier molecular flexibility index (Phi) is 2.27. The Morgan fingerprint density at radius 3 is 2.36 bits per heavy atom. The highest BCUT2D eigenvalue weighted by Gasteiger charge is 2.43. The van der Waals surface area contributed by atoms with Crippen molar-refractivity contribution in [3.05, 3.63) is 35.4 Å². The molecule has 0 amide bonds. The van der Waals surface area contributed by atoms with E-state index in [4.69, 9.17) is 5.73 Å². The Labute approximate surface area is 81.9 Å². The molecule has 1 fully saturated rings. The van der Waals surface area contributed by atoms with Crippen LogP contribution in [0.3, 0.4) is 0 Å². The van der Waals surface area contributed by atoms with Crippen LogP contribution in [0.25, 0.3) is 0 Å². The monoisotopic (exact) mass is 197 g/mol. The molecule has 0 bridgehead atoms. The molecule has 76 valence electrons. The van der Waals surface area contributed by atoms with Gasteiger partial charge in [-0.1, -0.05) is 6.07 Å². The van der Waals surface area contributed by atoms with E-state index >= 15 is 0 Å². The van der Waals surface area contributed by atoms with E-state index in [-0.39, 0.29) is 23.4 Å². The van der Waals surface area contributed by atoms with Crippen molar-refractivity contribution in [2.75, 3.05) is 0 Å². The van der Waals surface area contributed by atoms with Gasteiger partial charge in [-0.3, -0.25) is 0 Å². The van der Waals surface area contributed by atoms with Gasteiger partial charge in [-0.2, -0.15) is 0 Å². The summed E-state index contributed by atoms with van der Waals surface area (Å²) in [4.78, 5) is 0. The Morgan fingerprint density at radius 2 is 1.93 bits per heavy atom. The van der Waals surface area contributed by atoms with Crippen molar-refractivity contribution in [3.8, 4) is 0 Å². The predicted molar refractivity (Wildman–Crippen MR) is 50.9 cm³/mol. The number of nitrogens with two attached hydrogens (primary N) is 1. The van der Waals surface area contributed by atoms with E-state index in [0.717, 1.165) is 6.42 Å². The molecule has 14 heavy (non-hydrogen) atoms. The fourth-order valence-electron chi connectivity index (χ4n) is 1.99. The van der Waals surface area contributed by atoms with E-state index in [9.17, 15) is 8.78 Å². The zero-order valence-corrected chi connectivity index (χ0v) is 8.00. The third-order valence-corrected chi connectivity index (χ3v) is 2.89. The molecule has 0 heterocycles. The molecule has 0 aliphatic heterocycles. The lowest BCUT2D eigenvalue weighted by atomic mass is 10.1. The van der Waals surface area contributed by atoms with Crippen LogP contribution in [-0.2, 0) is 0 Å². The third-order valence-electron chi connectivity index (χ3n) is 2.89. The maximum atomic E-state index is 13.3. The molecule has 1 aromatic rings. The van der Waals surface area contributed by atoms with Crippen molar-refractivity contribution < 1.29 is 8.78 Å². The average Bonchev–Trinajstić information content (AvgIpc) is 2.83. The van der Waals surface area contributed by atoms with Crippen molar-refractivity contribution in [1.82, 2.24) is 0 Å². The molecule has 0 aromatic heterocycles. The summed E-state index contributed by atoms with van der Waals surface area (Å²) >= 11 is 0. The topological polar surface area (TPSA) is 26.0 Å². The van der Waals surface area contributed by atoms with E-state index in [1.165, 1.54) is 18.2 Å². The molecule has 1 aliphatic carbocycles. The molecule has 3 atom stereocenters. The molecular weight excluding hydrogens is 184 g/mol. The summed E-state index contributed by atoms with van der Waals surface area (Å²) in [5, 5.41) is 0. The van der Waals surface area contributed by atoms with E-state index < -0.39 is 11.6 Å². The summed E-state index contributed by atoms with van der Waals surface area (Å²) in [6.07, 6.45) is 0.801. The van der Waals surface area contributed by atoms with Gasteiger partial charge in [-0.05, 0) is 37.3 Å². The van der Waals surface area contributed by atoms with Crippen LogP contribution in [0.15, 0.2) is 18.2 Å². The van der Waals surface area contributed by atoms with E-state index in [0.29, 0.717) is 0 Å². The first kappa shape index (κ1) is 9.59. The maximum Gasteiger partial charge on any atom is 0.129 e. The normalized spacial score (nSPS) is 27.4. The number of benzene rings is 1. The number of halogens is 2. The Balaban J connectivity index is 2.26. The summed E-state index contributed by atoms with van der Waals surface area (Å²) in [5.41, 5.74) is 5.90. The third kappa shape index (κ3) is 1.52. The summed E-state index contributed by atoms with van der Waals surface area (Å²) in [7, 11) is 0. The lowest BCUT2D eigenvalue weighted by Crippen LogP contribution is -2.18. The van der Waals surface area contributed by atoms with Gasteiger partial charge in [0.2, 0.25) is 0 Å². The lowest BCUT2D eigenvalue weighted by molar-refractivity contribution is 0.542. The second-order valence-corrected chi connectivity index (χ2v) is 4.00. The van der Waals surface area contributed by atoms with Crippen LogP contribution >= 0.6 is 0 Å². The van der Waals surface area contributed by atoms with Crippen LogP contribution in [-0.4, -0.2) is 6.04 Å².